The molecule has 15 heavy (non-hydrogen) atoms. The molecule has 0 aromatic heterocycles. The summed E-state index contributed by atoms with van der Waals surface area (Å²) in [6.07, 6.45) is 4.29. The number of hydrogen-bond donors (Lipinski definition) is 0. The Labute approximate surface area is 89.7 Å². The van der Waals surface area contributed by atoms with Crippen molar-refractivity contribution >= 4 is 0 Å². The van der Waals surface area contributed by atoms with Crippen LogP contribution >= 0.6 is 0 Å². The van der Waals surface area contributed by atoms with Crippen LogP contribution in [0.1, 0.15) is 36.8 Å². The van der Waals surface area contributed by atoms with Gasteiger partial charge in [-0.25, -0.2) is 0 Å². The van der Waals surface area contributed by atoms with E-state index >= 15 is 0 Å². The van der Waals surface area contributed by atoms with Crippen molar-refractivity contribution in [1.29, 1.82) is 0 Å². The van der Waals surface area contributed by atoms with Gasteiger partial charge in [0.1, 0.15) is 0 Å². The Kier molecular flexibility index (Phi) is 2.65. The fraction of sp³-hybridized carbons (Fsp3) is 0.500. The highest BCUT2D eigenvalue weighted by atomic mass is 15.2. The summed E-state index contributed by atoms with van der Waals surface area (Å²) in [5, 5.41) is 4.04. The summed E-state index contributed by atoms with van der Waals surface area (Å²) >= 11 is 0. The third-order valence-corrected chi connectivity index (χ3v) is 3.26. The van der Waals surface area contributed by atoms with E-state index in [2.05, 4.69) is 41.2 Å². The first-order chi connectivity index (χ1) is 7.27. The van der Waals surface area contributed by atoms with Gasteiger partial charge >= 0.3 is 0 Å². The lowest BCUT2D eigenvalue weighted by atomic mass is 9.89. The zero-order valence-electron chi connectivity index (χ0n) is 8.98. The van der Waals surface area contributed by atoms with E-state index in [4.69, 9.17) is 5.53 Å². The Morgan fingerprint density at radius 2 is 1.80 bits per heavy atom. The molecule has 0 atom stereocenters. The van der Waals surface area contributed by atoms with E-state index in [0.29, 0.717) is 0 Å². The van der Waals surface area contributed by atoms with Crippen LogP contribution in [0.15, 0.2) is 29.4 Å². The van der Waals surface area contributed by atoms with Crippen LogP contribution < -0.4 is 0 Å². The first-order valence-corrected chi connectivity index (χ1v) is 5.40. The van der Waals surface area contributed by atoms with Crippen LogP contribution in [-0.4, -0.2) is 0 Å². The molecule has 1 fully saturated rings. The highest BCUT2D eigenvalue weighted by Crippen LogP contribution is 2.42. The molecule has 1 saturated carbocycles. The molecule has 0 radical (unpaired) electrons. The molecule has 0 amide bonds. The SMILES string of the molecule is Cc1ccc(C2(N=[N+]=[N-])CCCC2)cc1. The van der Waals surface area contributed by atoms with Gasteiger partial charge in [-0.2, -0.15) is 0 Å². The molecule has 1 aromatic carbocycles. The zero-order chi connectivity index (χ0) is 10.7. The van der Waals surface area contributed by atoms with Gasteiger partial charge in [-0.1, -0.05) is 47.8 Å². The Morgan fingerprint density at radius 3 is 2.33 bits per heavy atom. The van der Waals surface area contributed by atoms with Crippen LogP contribution in [0.25, 0.3) is 10.4 Å². The predicted octanol–water partition coefficient (Wildman–Crippen LogP) is 4.07. The second-order valence-electron chi connectivity index (χ2n) is 4.29. The van der Waals surface area contributed by atoms with Crippen molar-refractivity contribution in [2.45, 2.75) is 38.1 Å². The maximum Gasteiger partial charge on any atom is 0.0737 e. The third-order valence-electron chi connectivity index (χ3n) is 3.26. The molecule has 1 aliphatic carbocycles. The van der Waals surface area contributed by atoms with E-state index in [1.54, 1.807) is 0 Å². The van der Waals surface area contributed by atoms with Crippen molar-refractivity contribution in [1.82, 2.24) is 0 Å². The largest absolute Gasteiger partial charge is 0.0826 e. The smallest absolute Gasteiger partial charge is 0.0737 e. The summed E-state index contributed by atoms with van der Waals surface area (Å²) in [7, 11) is 0. The van der Waals surface area contributed by atoms with Gasteiger partial charge in [0.05, 0.1) is 5.54 Å². The molecule has 3 heteroatoms. The first-order valence-electron chi connectivity index (χ1n) is 5.40. The molecule has 2 rings (SSSR count). The second-order valence-corrected chi connectivity index (χ2v) is 4.29. The molecule has 0 spiro atoms. The Balaban J connectivity index is 2.40. The number of benzene rings is 1. The lowest BCUT2D eigenvalue weighted by molar-refractivity contribution is 0.459. The number of nitrogens with zero attached hydrogens (tertiary/aromatic N) is 3. The fourth-order valence-electron chi connectivity index (χ4n) is 2.36. The van der Waals surface area contributed by atoms with Crippen molar-refractivity contribution in [3.8, 4) is 0 Å². The minimum absolute atomic E-state index is 0.261. The van der Waals surface area contributed by atoms with Crippen molar-refractivity contribution in [2.75, 3.05) is 0 Å². The van der Waals surface area contributed by atoms with Crippen LogP contribution in [0, 0.1) is 6.92 Å². The number of azide groups is 1. The average Bonchev–Trinajstić information content (AvgIpc) is 2.69. The van der Waals surface area contributed by atoms with Gasteiger partial charge in [0.25, 0.3) is 0 Å². The summed E-state index contributed by atoms with van der Waals surface area (Å²) < 4.78 is 0. The Bertz CT molecular complexity index is 382. The number of hydrogen-bond acceptors (Lipinski definition) is 1. The summed E-state index contributed by atoms with van der Waals surface area (Å²) in [5.74, 6) is 0. The summed E-state index contributed by atoms with van der Waals surface area (Å²) in [4.78, 5) is 3.01. The summed E-state index contributed by atoms with van der Waals surface area (Å²) in [6, 6.07) is 8.36. The van der Waals surface area contributed by atoms with E-state index in [1.807, 2.05) is 0 Å². The summed E-state index contributed by atoms with van der Waals surface area (Å²) in [5.41, 5.74) is 10.8. The van der Waals surface area contributed by atoms with Crippen LogP contribution in [-0.2, 0) is 5.54 Å². The van der Waals surface area contributed by atoms with Gasteiger partial charge in [0.2, 0.25) is 0 Å². The highest BCUT2D eigenvalue weighted by molar-refractivity contribution is 5.29. The molecule has 1 aliphatic rings. The molecular formula is C12H15N3. The number of aryl methyl sites for hydroxylation is 1. The van der Waals surface area contributed by atoms with Crippen molar-refractivity contribution in [3.63, 3.8) is 0 Å². The Hall–Kier alpha value is -1.47. The van der Waals surface area contributed by atoms with E-state index in [1.165, 1.54) is 11.1 Å². The minimum Gasteiger partial charge on any atom is -0.0826 e. The maximum atomic E-state index is 8.67. The number of rotatable bonds is 2. The van der Waals surface area contributed by atoms with E-state index < -0.39 is 0 Å². The van der Waals surface area contributed by atoms with Crippen LogP contribution in [0.5, 0.6) is 0 Å². The zero-order valence-corrected chi connectivity index (χ0v) is 8.98. The molecule has 0 aliphatic heterocycles. The molecule has 3 nitrogen and oxygen atoms in total. The van der Waals surface area contributed by atoms with Gasteiger partial charge in [-0.15, -0.1) is 0 Å². The monoisotopic (exact) mass is 201 g/mol. The average molecular weight is 201 g/mol. The van der Waals surface area contributed by atoms with Gasteiger partial charge in [-0.05, 0) is 30.9 Å². The second kappa shape index (κ2) is 3.95. The molecule has 0 unspecified atom stereocenters. The quantitative estimate of drug-likeness (QED) is 0.393. The first kappa shape index (κ1) is 10.1. The molecule has 0 N–H and O–H groups in total. The lowest BCUT2D eigenvalue weighted by Gasteiger charge is -2.23. The van der Waals surface area contributed by atoms with Crippen molar-refractivity contribution in [3.05, 3.63) is 45.8 Å². The molecule has 0 heterocycles. The predicted molar refractivity (Wildman–Crippen MR) is 60.5 cm³/mol. The molecule has 0 saturated heterocycles. The van der Waals surface area contributed by atoms with Crippen molar-refractivity contribution < 1.29 is 0 Å². The van der Waals surface area contributed by atoms with E-state index in [0.717, 1.165) is 25.7 Å². The molecular weight excluding hydrogens is 186 g/mol. The standard InChI is InChI=1S/C12H15N3/c1-10-4-6-11(7-5-10)12(14-15-13)8-2-3-9-12/h4-7H,2-3,8-9H2,1H3. The minimum atomic E-state index is -0.261. The van der Waals surface area contributed by atoms with Gasteiger partial charge < -0.3 is 0 Å². The molecule has 0 bridgehead atoms. The van der Waals surface area contributed by atoms with Crippen LogP contribution in [0.3, 0.4) is 0 Å². The van der Waals surface area contributed by atoms with Gasteiger partial charge in [0.15, 0.2) is 0 Å². The Morgan fingerprint density at radius 1 is 1.20 bits per heavy atom. The highest BCUT2D eigenvalue weighted by Gasteiger charge is 2.34. The van der Waals surface area contributed by atoms with E-state index in [-0.39, 0.29) is 5.54 Å². The molecule has 78 valence electrons. The van der Waals surface area contributed by atoms with Crippen LogP contribution in [0.2, 0.25) is 0 Å². The van der Waals surface area contributed by atoms with Gasteiger partial charge in [0, 0.05) is 4.91 Å². The normalized spacial score (nSPS) is 18.5. The van der Waals surface area contributed by atoms with Crippen molar-refractivity contribution in [2.24, 2.45) is 5.11 Å². The van der Waals surface area contributed by atoms with Gasteiger partial charge in [-0.3, -0.25) is 0 Å². The van der Waals surface area contributed by atoms with Crippen LogP contribution in [0.4, 0.5) is 0 Å². The summed E-state index contributed by atoms with van der Waals surface area (Å²) in [6.45, 7) is 2.07. The van der Waals surface area contributed by atoms with E-state index in [9.17, 15) is 0 Å². The third kappa shape index (κ3) is 1.83. The lowest BCUT2D eigenvalue weighted by Crippen LogP contribution is -2.17. The topological polar surface area (TPSA) is 48.8 Å². The molecule has 1 aromatic rings. The fourth-order valence-corrected chi connectivity index (χ4v) is 2.36. The maximum absolute atomic E-state index is 8.67.